The molecule has 3 nitrogen and oxygen atoms in total. The van der Waals surface area contributed by atoms with Crippen molar-refractivity contribution in [2.75, 3.05) is 13.6 Å². The Morgan fingerprint density at radius 1 is 1.44 bits per heavy atom. The molecule has 0 amide bonds. The topological polar surface area (TPSA) is 28.2 Å². The average molecular weight is 247 g/mol. The number of nitrogens with zero attached hydrogens (tertiary/aromatic N) is 2. The highest BCUT2D eigenvalue weighted by atomic mass is 15.1. The summed E-state index contributed by atoms with van der Waals surface area (Å²) >= 11 is 0. The maximum atomic E-state index is 4.38. The Labute approximate surface area is 111 Å². The summed E-state index contributed by atoms with van der Waals surface area (Å²) in [6.07, 6.45) is 7.16. The molecular formula is C15H25N3. The third-order valence-electron chi connectivity index (χ3n) is 3.70. The summed E-state index contributed by atoms with van der Waals surface area (Å²) in [5.74, 6) is 0. The third-order valence-corrected chi connectivity index (χ3v) is 3.70. The summed E-state index contributed by atoms with van der Waals surface area (Å²) in [5, 5.41) is 3.57. The smallest absolute Gasteiger partial charge is 0.0543 e. The Balaban J connectivity index is 1.62. The van der Waals surface area contributed by atoms with Crippen LogP contribution in [0.4, 0.5) is 0 Å². The van der Waals surface area contributed by atoms with E-state index in [2.05, 4.69) is 41.3 Å². The number of pyridine rings is 1. The fourth-order valence-electron chi connectivity index (χ4n) is 2.11. The van der Waals surface area contributed by atoms with Crippen molar-refractivity contribution in [3.05, 3.63) is 30.1 Å². The van der Waals surface area contributed by atoms with Crippen LogP contribution in [0.15, 0.2) is 24.4 Å². The van der Waals surface area contributed by atoms with Crippen molar-refractivity contribution in [3.8, 4) is 0 Å². The normalized spacial score (nSPS) is 17.1. The molecule has 1 saturated carbocycles. The number of hydrogen-bond acceptors (Lipinski definition) is 3. The molecule has 0 aliphatic heterocycles. The number of rotatable bonds is 8. The summed E-state index contributed by atoms with van der Waals surface area (Å²) in [6, 6.07) is 7.58. The van der Waals surface area contributed by atoms with E-state index >= 15 is 0 Å². The second-order valence-corrected chi connectivity index (χ2v) is 5.46. The van der Waals surface area contributed by atoms with Crippen LogP contribution in [0.5, 0.6) is 0 Å². The van der Waals surface area contributed by atoms with E-state index in [-0.39, 0.29) is 0 Å². The predicted octanol–water partition coefficient (Wildman–Crippen LogP) is 2.43. The minimum absolute atomic E-state index is 0.619. The Hall–Kier alpha value is -0.930. The molecule has 0 aromatic carbocycles. The second kappa shape index (κ2) is 6.86. The first-order valence-electron chi connectivity index (χ1n) is 7.09. The zero-order chi connectivity index (χ0) is 12.8. The Bertz CT molecular complexity index is 335. The Kier molecular flexibility index (Phi) is 5.14. The van der Waals surface area contributed by atoms with Crippen molar-refractivity contribution in [1.82, 2.24) is 15.2 Å². The fraction of sp³-hybridized carbons (Fsp3) is 0.667. The minimum atomic E-state index is 0.619. The lowest BCUT2D eigenvalue weighted by Crippen LogP contribution is -2.30. The molecule has 1 heterocycles. The molecule has 18 heavy (non-hydrogen) atoms. The van der Waals surface area contributed by atoms with Crippen LogP contribution in [0.25, 0.3) is 0 Å². The van der Waals surface area contributed by atoms with Gasteiger partial charge in [-0.3, -0.25) is 9.88 Å². The average Bonchev–Trinajstić information content (AvgIpc) is 3.19. The molecule has 0 radical (unpaired) electrons. The van der Waals surface area contributed by atoms with E-state index < -0.39 is 0 Å². The summed E-state index contributed by atoms with van der Waals surface area (Å²) in [4.78, 5) is 6.76. The fourth-order valence-corrected chi connectivity index (χ4v) is 2.11. The highest BCUT2D eigenvalue weighted by Gasteiger charge is 2.19. The molecule has 2 rings (SSSR count). The molecular weight excluding hydrogens is 222 g/mol. The summed E-state index contributed by atoms with van der Waals surface area (Å²) in [6.45, 7) is 4.42. The summed E-state index contributed by atoms with van der Waals surface area (Å²) in [5.41, 5.74) is 1.16. The van der Waals surface area contributed by atoms with Crippen molar-refractivity contribution < 1.29 is 0 Å². The molecule has 1 N–H and O–H groups in total. The van der Waals surface area contributed by atoms with Gasteiger partial charge in [0.1, 0.15) is 0 Å². The highest BCUT2D eigenvalue weighted by Crippen LogP contribution is 2.18. The molecule has 1 fully saturated rings. The zero-order valence-corrected chi connectivity index (χ0v) is 11.6. The molecule has 0 saturated heterocycles. The van der Waals surface area contributed by atoms with Gasteiger partial charge in [-0.1, -0.05) is 6.07 Å². The largest absolute Gasteiger partial charge is 0.314 e. The molecule has 100 valence electrons. The van der Waals surface area contributed by atoms with Crippen LogP contribution < -0.4 is 5.32 Å². The molecule has 1 aromatic rings. The van der Waals surface area contributed by atoms with Crippen LogP contribution in [0.3, 0.4) is 0 Å². The maximum absolute atomic E-state index is 4.38. The van der Waals surface area contributed by atoms with Crippen LogP contribution in [-0.2, 0) is 6.54 Å². The molecule has 1 atom stereocenters. The molecule has 0 spiro atoms. The number of nitrogens with one attached hydrogen (secondary N) is 1. The molecule has 1 unspecified atom stereocenters. The number of hydrogen-bond donors (Lipinski definition) is 1. The van der Waals surface area contributed by atoms with Gasteiger partial charge in [0.2, 0.25) is 0 Å². The maximum Gasteiger partial charge on any atom is 0.0543 e. The molecule has 1 aliphatic carbocycles. The lowest BCUT2D eigenvalue weighted by Gasteiger charge is -2.24. The van der Waals surface area contributed by atoms with Crippen LogP contribution in [-0.4, -0.2) is 35.6 Å². The van der Waals surface area contributed by atoms with Gasteiger partial charge in [-0.2, -0.15) is 0 Å². The zero-order valence-electron chi connectivity index (χ0n) is 11.6. The van der Waals surface area contributed by atoms with E-state index in [0.29, 0.717) is 6.04 Å². The standard InChI is InChI=1S/C15H25N3/c1-13(6-5-11-16-14-8-9-14)18(2)12-15-7-3-4-10-17-15/h3-4,7,10,13-14,16H,5-6,8-9,11-12H2,1-2H3. The number of aromatic nitrogens is 1. The van der Waals surface area contributed by atoms with Crippen LogP contribution in [0.1, 0.15) is 38.3 Å². The van der Waals surface area contributed by atoms with Crippen molar-refractivity contribution in [3.63, 3.8) is 0 Å². The van der Waals surface area contributed by atoms with E-state index in [9.17, 15) is 0 Å². The lowest BCUT2D eigenvalue weighted by molar-refractivity contribution is 0.232. The van der Waals surface area contributed by atoms with E-state index in [0.717, 1.165) is 18.3 Å². The predicted molar refractivity (Wildman–Crippen MR) is 75.4 cm³/mol. The minimum Gasteiger partial charge on any atom is -0.314 e. The molecule has 1 aromatic heterocycles. The summed E-state index contributed by atoms with van der Waals surface area (Å²) < 4.78 is 0. The van der Waals surface area contributed by atoms with Gasteiger partial charge in [-0.05, 0) is 58.3 Å². The highest BCUT2D eigenvalue weighted by molar-refractivity contribution is 5.03. The van der Waals surface area contributed by atoms with Gasteiger partial charge >= 0.3 is 0 Å². The Morgan fingerprint density at radius 2 is 2.28 bits per heavy atom. The van der Waals surface area contributed by atoms with E-state index in [1.54, 1.807) is 0 Å². The van der Waals surface area contributed by atoms with E-state index in [1.807, 2.05) is 12.3 Å². The summed E-state index contributed by atoms with van der Waals surface area (Å²) in [7, 11) is 2.19. The SMILES string of the molecule is CC(CCCNC1CC1)N(C)Cc1ccccn1. The van der Waals surface area contributed by atoms with E-state index in [1.165, 1.54) is 32.2 Å². The van der Waals surface area contributed by atoms with Gasteiger partial charge in [0.05, 0.1) is 5.69 Å². The Morgan fingerprint density at radius 3 is 2.94 bits per heavy atom. The van der Waals surface area contributed by atoms with E-state index in [4.69, 9.17) is 0 Å². The van der Waals surface area contributed by atoms with Crippen LogP contribution in [0.2, 0.25) is 0 Å². The second-order valence-electron chi connectivity index (χ2n) is 5.46. The van der Waals surface area contributed by atoms with Crippen molar-refractivity contribution in [1.29, 1.82) is 0 Å². The molecule has 3 heteroatoms. The van der Waals surface area contributed by atoms with Gasteiger partial charge in [-0.15, -0.1) is 0 Å². The van der Waals surface area contributed by atoms with Crippen LogP contribution in [0, 0.1) is 0 Å². The first-order chi connectivity index (χ1) is 8.75. The van der Waals surface area contributed by atoms with Gasteiger partial charge in [-0.25, -0.2) is 0 Å². The first kappa shape index (κ1) is 13.5. The quantitative estimate of drug-likeness (QED) is 0.715. The van der Waals surface area contributed by atoms with Crippen molar-refractivity contribution in [2.24, 2.45) is 0 Å². The van der Waals surface area contributed by atoms with Gasteiger partial charge in [0, 0.05) is 24.8 Å². The van der Waals surface area contributed by atoms with Gasteiger partial charge in [0.15, 0.2) is 0 Å². The first-order valence-corrected chi connectivity index (χ1v) is 7.09. The molecule has 0 bridgehead atoms. The lowest BCUT2D eigenvalue weighted by atomic mass is 10.1. The van der Waals surface area contributed by atoms with Crippen molar-refractivity contribution >= 4 is 0 Å². The third kappa shape index (κ3) is 4.75. The molecule has 1 aliphatic rings. The monoisotopic (exact) mass is 247 g/mol. The van der Waals surface area contributed by atoms with Crippen LogP contribution >= 0.6 is 0 Å². The van der Waals surface area contributed by atoms with Gasteiger partial charge in [0.25, 0.3) is 0 Å². The van der Waals surface area contributed by atoms with Crippen molar-refractivity contribution in [2.45, 2.75) is 51.2 Å². The van der Waals surface area contributed by atoms with Gasteiger partial charge < -0.3 is 5.32 Å².